The van der Waals surface area contributed by atoms with Crippen molar-refractivity contribution in [1.29, 1.82) is 0 Å². The summed E-state index contributed by atoms with van der Waals surface area (Å²) in [5.41, 5.74) is 7.79. The molecule has 5 N–H and O–H groups in total. The van der Waals surface area contributed by atoms with Gasteiger partial charge in [-0.05, 0) is 34.8 Å². The maximum absolute atomic E-state index is 11.3. The molecule has 2 aromatic rings. The molecular formula is C14H18BrN5O2. The number of fused-ring (bicyclic) bond motifs is 1. The monoisotopic (exact) mass is 367 g/mol. The molecular weight excluding hydrogens is 350 g/mol. The molecule has 1 aliphatic heterocycles. The van der Waals surface area contributed by atoms with Gasteiger partial charge in [0.1, 0.15) is 18.1 Å². The van der Waals surface area contributed by atoms with Crippen LogP contribution >= 0.6 is 15.9 Å². The summed E-state index contributed by atoms with van der Waals surface area (Å²) >= 11 is 3.56. The Labute approximate surface area is 136 Å². The van der Waals surface area contributed by atoms with Gasteiger partial charge in [-0.2, -0.15) is 0 Å². The predicted octanol–water partition coefficient (Wildman–Crippen LogP) is 1.18. The molecule has 0 saturated carbocycles. The summed E-state index contributed by atoms with van der Waals surface area (Å²) in [6, 6.07) is 1.99. The van der Waals surface area contributed by atoms with Crippen molar-refractivity contribution < 1.29 is 9.90 Å². The zero-order chi connectivity index (χ0) is 15.7. The van der Waals surface area contributed by atoms with Crippen LogP contribution < -0.4 is 16.0 Å². The highest BCUT2D eigenvalue weighted by atomic mass is 79.9. The summed E-state index contributed by atoms with van der Waals surface area (Å²) < 4.78 is 0.896. The Morgan fingerprint density at radius 1 is 1.64 bits per heavy atom. The Morgan fingerprint density at radius 2 is 2.45 bits per heavy atom. The van der Waals surface area contributed by atoms with Gasteiger partial charge in [-0.3, -0.25) is 4.79 Å². The fourth-order valence-electron chi connectivity index (χ4n) is 2.83. The van der Waals surface area contributed by atoms with E-state index in [2.05, 4.69) is 36.1 Å². The first-order valence-corrected chi connectivity index (χ1v) is 7.96. The third kappa shape index (κ3) is 2.94. The summed E-state index contributed by atoms with van der Waals surface area (Å²) in [5, 5.41) is 12.3. The number of carbonyl (C=O) groups is 1. The average Bonchev–Trinajstić information content (AvgIpc) is 2.89. The standard InChI is InChI=1S/C14H18BrN5O2/c15-10-5-17-14-9(4-11(19-14)18-12(22)7-21)13(10)20-3-1-2-8(16)6-20/h4-5,8,21H,1-3,6-7,16H2,(H,17,19)(H,18,22)/t8-/m1/s1. The second-order valence-electron chi connectivity index (χ2n) is 5.45. The molecule has 0 spiro atoms. The van der Waals surface area contributed by atoms with Crippen LogP contribution in [-0.4, -0.2) is 46.7 Å². The van der Waals surface area contributed by atoms with Crippen LogP contribution in [0.1, 0.15) is 12.8 Å². The lowest BCUT2D eigenvalue weighted by Crippen LogP contribution is -2.43. The second-order valence-corrected chi connectivity index (χ2v) is 6.31. The number of nitrogens with zero attached hydrogens (tertiary/aromatic N) is 2. The summed E-state index contributed by atoms with van der Waals surface area (Å²) in [4.78, 5) is 20.9. The first-order chi connectivity index (χ1) is 10.6. The highest BCUT2D eigenvalue weighted by Gasteiger charge is 2.22. The fourth-order valence-corrected chi connectivity index (χ4v) is 3.40. The van der Waals surface area contributed by atoms with E-state index >= 15 is 0 Å². The summed E-state index contributed by atoms with van der Waals surface area (Å²) in [6.45, 7) is 1.18. The first-order valence-electron chi connectivity index (χ1n) is 7.17. The van der Waals surface area contributed by atoms with Crippen molar-refractivity contribution in [2.24, 2.45) is 5.73 Å². The maximum Gasteiger partial charge on any atom is 0.251 e. The van der Waals surface area contributed by atoms with E-state index in [1.807, 2.05) is 6.07 Å². The van der Waals surface area contributed by atoms with Gasteiger partial charge in [0.25, 0.3) is 5.91 Å². The van der Waals surface area contributed by atoms with Gasteiger partial charge < -0.3 is 26.0 Å². The topological polar surface area (TPSA) is 107 Å². The first kappa shape index (κ1) is 15.3. The van der Waals surface area contributed by atoms with Crippen molar-refractivity contribution in [3.05, 3.63) is 16.7 Å². The minimum absolute atomic E-state index is 0.163. The van der Waals surface area contributed by atoms with E-state index in [4.69, 9.17) is 10.8 Å². The third-order valence-corrected chi connectivity index (χ3v) is 4.36. The second kappa shape index (κ2) is 6.23. The number of aliphatic hydroxyl groups is 1. The number of halogens is 1. The number of rotatable bonds is 3. The van der Waals surface area contributed by atoms with E-state index in [0.717, 1.165) is 41.5 Å². The van der Waals surface area contributed by atoms with Gasteiger partial charge in [0.15, 0.2) is 0 Å². The zero-order valence-corrected chi connectivity index (χ0v) is 13.6. The lowest BCUT2D eigenvalue weighted by Gasteiger charge is -2.33. The minimum Gasteiger partial charge on any atom is -0.387 e. The number of aliphatic hydroxyl groups excluding tert-OH is 1. The van der Waals surface area contributed by atoms with Gasteiger partial charge in [-0.1, -0.05) is 0 Å². The van der Waals surface area contributed by atoms with Gasteiger partial charge >= 0.3 is 0 Å². The van der Waals surface area contributed by atoms with Crippen LogP contribution in [0, 0.1) is 0 Å². The Morgan fingerprint density at radius 3 is 3.18 bits per heavy atom. The van der Waals surface area contributed by atoms with E-state index in [9.17, 15) is 4.79 Å². The van der Waals surface area contributed by atoms with E-state index < -0.39 is 12.5 Å². The lowest BCUT2D eigenvalue weighted by molar-refractivity contribution is -0.118. The number of nitrogens with one attached hydrogen (secondary N) is 2. The van der Waals surface area contributed by atoms with Gasteiger partial charge in [-0.25, -0.2) is 4.98 Å². The molecule has 1 atom stereocenters. The number of pyridine rings is 1. The van der Waals surface area contributed by atoms with Gasteiger partial charge in [0.2, 0.25) is 0 Å². The molecule has 118 valence electrons. The third-order valence-electron chi connectivity index (χ3n) is 3.78. The molecule has 2 aromatic heterocycles. The van der Waals surface area contributed by atoms with Crippen molar-refractivity contribution in [1.82, 2.24) is 9.97 Å². The van der Waals surface area contributed by atoms with E-state index in [-0.39, 0.29) is 6.04 Å². The highest BCUT2D eigenvalue weighted by Crippen LogP contribution is 2.36. The Hall–Kier alpha value is -1.64. The van der Waals surface area contributed by atoms with Crippen molar-refractivity contribution in [3.8, 4) is 0 Å². The van der Waals surface area contributed by atoms with Crippen LogP contribution in [0.15, 0.2) is 16.7 Å². The van der Waals surface area contributed by atoms with E-state index in [1.165, 1.54) is 0 Å². The maximum atomic E-state index is 11.3. The number of H-pyrrole nitrogens is 1. The Balaban J connectivity index is 2.00. The molecule has 1 amide bonds. The van der Waals surface area contributed by atoms with Crippen LogP contribution in [0.25, 0.3) is 11.0 Å². The molecule has 0 radical (unpaired) electrons. The van der Waals surface area contributed by atoms with Crippen LogP contribution in [0.2, 0.25) is 0 Å². The van der Waals surface area contributed by atoms with Crippen molar-refractivity contribution >= 4 is 44.4 Å². The van der Waals surface area contributed by atoms with Crippen molar-refractivity contribution in [2.75, 3.05) is 29.9 Å². The molecule has 22 heavy (non-hydrogen) atoms. The Kier molecular flexibility index (Phi) is 4.32. The Bertz CT molecular complexity index is 702. The van der Waals surface area contributed by atoms with Crippen LogP contribution in [0.4, 0.5) is 11.5 Å². The molecule has 0 aromatic carbocycles. The highest BCUT2D eigenvalue weighted by molar-refractivity contribution is 9.10. The predicted molar refractivity (Wildman–Crippen MR) is 88.9 cm³/mol. The molecule has 8 heteroatoms. The largest absolute Gasteiger partial charge is 0.387 e. The van der Waals surface area contributed by atoms with Gasteiger partial charge in [-0.15, -0.1) is 0 Å². The number of aromatic amines is 1. The number of piperidine rings is 1. The number of carbonyl (C=O) groups excluding carboxylic acids is 1. The molecule has 1 saturated heterocycles. The number of hydrogen-bond donors (Lipinski definition) is 4. The van der Waals surface area contributed by atoms with Gasteiger partial charge in [0, 0.05) is 30.7 Å². The molecule has 0 bridgehead atoms. The molecule has 3 rings (SSSR count). The quantitative estimate of drug-likeness (QED) is 0.651. The van der Waals surface area contributed by atoms with Crippen molar-refractivity contribution in [2.45, 2.75) is 18.9 Å². The van der Waals surface area contributed by atoms with E-state index in [1.54, 1.807) is 6.20 Å². The van der Waals surface area contributed by atoms with Crippen LogP contribution in [0.3, 0.4) is 0 Å². The summed E-state index contributed by atoms with van der Waals surface area (Å²) in [7, 11) is 0. The fraction of sp³-hybridized carbons (Fsp3) is 0.429. The zero-order valence-electron chi connectivity index (χ0n) is 12.0. The number of hydrogen-bond acceptors (Lipinski definition) is 5. The summed E-state index contributed by atoms with van der Waals surface area (Å²) in [6.07, 6.45) is 3.83. The summed E-state index contributed by atoms with van der Waals surface area (Å²) in [5.74, 6) is 0.0503. The molecule has 7 nitrogen and oxygen atoms in total. The van der Waals surface area contributed by atoms with Crippen LogP contribution in [0.5, 0.6) is 0 Å². The number of amides is 1. The molecule has 0 unspecified atom stereocenters. The van der Waals surface area contributed by atoms with E-state index in [0.29, 0.717) is 11.5 Å². The molecule has 3 heterocycles. The average molecular weight is 368 g/mol. The SMILES string of the molecule is N[C@@H]1CCCN(c2c(Br)cnc3[nH]c(NC(=O)CO)cc23)C1. The molecule has 1 fully saturated rings. The normalized spacial score (nSPS) is 18.7. The minimum atomic E-state index is -0.555. The lowest BCUT2D eigenvalue weighted by atomic mass is 10.1. The van der Waals surface area contributed by atoms with Gasteiger partial charge in [0.05, 0.1) is 10.2 Å². The van der Waals surface area contributed by atoms with Crippen LogP contribution in [-0.2, 0) is 4.79 Å². The number of nitrogens with two attached hydrogens (primary N) is 1. The smallest absolute Gasteiger partial charge is 0.251 e. The number of anilines is 2. The molecule has 0 aliphatic carbocycles. The number of aromatic nitrogens is 2. The van der Waals surface area contributed by atoms with Crippen molar-refractivity contribution in [3.63, 3.8) is 0 Å². The molecule has 1 aliphatic rings.